The average molecular weight is 383 g/mol. The highest BCUT2D eigenvalue weighted by molar-refractivity contribution is 6.09. The molecule has 2 aliphatic rings. The van der Waals surface area contributed by atoms with Crippen molar-refractivity contribution in [1.29, 1.82) is 0 Å². The second-order valence-corrected chi connectivity index (χ2v) is 9.47. The predicted molar refractivity (Wildman–Crippen MR) is 119 cm³/mol. The van der Waals surface area contributed by atoms with Crippen LogP contribution >= 0.6 is 0 Å². The highest BCUT2D eigenvalue weighted by Gasteiger charge is 2.62. The third-order valence-corrected chi connectivity index (χ3v) is 7.74. The first kappa shape index (κ1) is 17.1. The molecule has 0 radical (unpaired) electrons. The van der Waals surface area contributed by atoms with Crippen molar-refractivity contribution < 1.29 is 4.42 Å². The minimum Gasteiger partial charge on any atom is -0.436 e. The van der Waals surface area contributed by atoms with Crippen LogP contribution in [-0.4, -0.2) is 11.0 Å². The quantitative estimate of drug-likeness (QED) is 0.382. The van der Waals surface area contributed by atoms with Gasteiger partial charge in [-0.2, -0.15) is 0 Å². The summed E-state index contributed by atoms with van der Waals surface area (Å²) in [5, 5.41) is 2.26. The second kappa shape index (κ2) is 5.21. The van der Waals surface area contributed by atoms with Crippen LogP contribution in [-0.2, 0) is 11.0 Å². The molecule has 3 heteroatoms. The van der Waals surface area contributed by atoms with Crippen molar-refractivity contribution in [2.45, 2.75) is 58.0 Å². The molecule has 146 valence electrons. The first-order chi connectivity index (χ1) is 13.8. The predicted octanol–water partition coefficient (Wildman–Crippen LogP) is 6.38. The van der Waals surface area contributed by atoms with E-state index in [4.69, 9.17) is 4.42 Å². The molecule has 1 aliphatic carbocycles. The summed E-state index contributed by atoms with van der Waals surface area (Å²) in [6.45, 7) is 11.4. The summed E-state index contributed by atoms with van der Waals surface area (Å²) in [6, 6.07) is 18.0. The molecule has 1 aliphatic heterocycles. The van der Waals surface area contributed by atoms with Crippen molar-refractivity contribution in [1.82, 2.24) is 4.98 Å². The van der Waals surface area contributed by atoms with Crippen LogP contribution in [0.4, 0.5) is 5.69 Å². The van der Waals surface area contributed by atoms with E-state index in [0.29, 0.717) is 6.04 Å². The molecular formula is C26H26N2O. The van der Waals surface area contributed by atoms with E-state index in [-0.39, 0.29) is 11.0 Å². The molecule has 0 spiro atoms. The molecule has 1 fully saturated rings. The molecular weight excluding hydrogens is 356 g/mol. The fourth-order valence-electron chi connectivity index (χ4n) is 6.29. The van der Waals surface area contributed by atoms with E-state index in [1.807, 2.05) is 6.92 Å². The number of hydrogen-bond acceptors (Lipinski definition) is 3. The average Bonchev–Trinajstić information content (AvgIpc) is 3.24. The lowest BCUT2D eigenvalue weighted by Gasteiger charge is -2.45. The van der Waals surface area contributed by atoms with Crippen molar-refractivity contribution in [3.8, 4) is 0 Å². The lowest BCUT2D eigenvalue weighted by atomic mass is 9.78. The SMILES string of the molecule is Cc1ccc2c(n1)oc1c(N3[C@@H](C)C4(C)CC3(C)c3ccccc34)c(C)ccc12. The molecule has 1 saturated heterocycles. The van der Waals surface area contributed by atoms with Gasteiger partial charge in [0.1, 0.15) is 0 Å². The lowest BCUT2D eigenvalue weighted by molar-refractivity contribution is 0.449. The third kappa shape index (κ3) is 1.91. The van der Waals surface area contributed by atoms with Gasteiger partial charge in [-0.25, -0.2) is 4.98 Å². The molecule has 2 unspecified atom stereocenters. The number of anilines is 1. The number of pyridine rings is 1. The molecule has 3 heterocycles. The number of aromatic nitrogens is 1. The Kier molecular flexibility index (Phi) is 3.07. The van der Waals surface area contributed by atoms with Crippen molar-refractivity contribution in [3.05, 3.63) is 70.9 Å². The Morgan fingerprint density at radius 1 is 0.966 bits per heavy atom. The van der Waals surface area contributed by atoms with Gasteiger partial charge in [-0.15, -0.1) is 0 Å². The molecule has 2 aromatic carbocycles. The van der Waals surface area contributed by atoms with E-state index in [9.17, 15) is 0 Å². The van der Waals surface area contributed by atoms with Crippen LogP contribution in [0.15, 0.2) is 52.9 Å². The molecule has 4 aromatic rings. The molecule has 3 atom stereocenters. The molecule has 2 bridgehead atoms. The number of fused-ring (bicyclic) bond motifs is 8. The molecule has 6 rings (SSSR count). The summed E-state index contributed by atoms with van der Waals surface area (Å²) in [5.41, 5.74) is 8.26. The third-order valence-electron chi connectivity index (χ3n) is 7.74. The zero-order valence-corrected chi connectivity index (χ0v) is 17.7. The molecule has 0 N–H and O–H groups in total. The van der Waals surface area contributed by atoms with Gasteiger partial charge >= 0.3 is 0 Å². The van der Waals surface area contributed by atoms with Crippen LogP contribution in [0, 0.1) is 13.8 Å². The van der Waals surface area contributed by atoms with Gasteiger partial charge in [-0.05, 0) is 62.9 Å². The Hall–Kier alpha value is -2.81. The van der Waals surface area contributed by atoms with Crippen LogP contribution in [0.25, 0.3) is 22.1 Å². The summed E-state index contributed by atoms with van der Waals surface area (Å²) in [4.78, 5) is 7.30. The topological polar surface area (TPSA) is 29.3 Å². The molecule has 29 heavy (non-hydrogen) atoms. The summed E-state index contributed by atoms with van der Waals surface area (Å²) in [7, 11) is 0. The first-order valence-electron chi connectivity index (χ1n) is 10.5. The van der Waals surface area contributed by atoms with E-state index in [1.54, 1.807) is 0 Å². The van der Waals surface area contributed by atoms with Gasteiger partial charge in [0.25, 0.3) is 0 Å². The van der Waals surface area contributed by atoms with Gasteiger partial charge in [-0.3, -0.25) is 0 Å². The number of benzene rings is 2. The van der Waals surface area contributed by atoms with E-state index in [0.717, 1.165) is 34.2 Å². The Morgan fingerprint density at radius 3 is 2.48 bits per heavy atom. The van der Waals surface area contributed by atoms with Crippen molar-refractivity contribution >= 4 is 27.8 Å². The number of nitrogens with zero attached hydrogens (tertiary/aromatic N) is 2. The Balaban J connectivity index is 1.67. The Bertz CT molecular complexity index is 1320. The van der Waals surface area contributed by atoms with Crippen molar-refractivity contribution in [3.63, 3.8) is 0 Å². The highest BCUT2D eigenvalue weighted by Crippen LogP contribution is 2.62. The second-order valence-electron chi connectivity index (χ2n) is 9.47. The van der Waals surface area contributed by atoms with E-state index in [1.165, 1.54) is 22.4 Å². The fraction of sp³-hybridized carbons (Fsp3) is 0.346. The highest BCUT2D eigenvalue weighted by atomic mass is 16.3. The number of hydrogen-bond donors (Lipinski definition) is 0. The minimum absolute atomic E-state index is 0.0356. The fourth-order valence-corrected chi connectivity index (χ4v) is 6.29. The maximum atomic E-state index is 6.43. The zero-order valence-electron chi connectivity index (χ0n) is 17.7. The summed E-state index contributed by atoms with van der Waals surface area (Å²) in [5.74, 6) is 0. The number of furan rings is 1. The van der Waals surface area contributed by atoms with Crippen LogP contribution in [0.5, 0.6) is 0 Å². The van der Waals surface area contributed by atoms with Crippen LogP contribution in [0.2, 0.25) is 0 Å². The number of rotatable bonds is 1. The zero-order chi connectivity index (χ0) is 20.1. The van der Waals surface area contributed by atoms with Crippen LogP contribution < -0.4 is 4.90 Å². The Morgan fingerprint density at radius 2 is 1.69 bits per heavy atom. The van der Waals surface area contributed by atoms with E-state index < -0.39 is 0 Å². The van der Waals surface area contributed by atoms with E-state index in [2.05, 4.69) is 86.1 Å². The van der Waals surface area contributed by atoms with Crippen LogP contribution in [0.1, 0.15) is 49.6 Å². The number of aryl methyl sites for hydroxylation is 2. The monoisotopic (exact) mass is 382 g/mol. The van der Waals surface area contributed by atoms with Gasteiger partial charge in [0.2, 0.25) is 5.71 Å². The maximum absolute atomic E-state index is 6.43. The maximum Gasteiger partial charge on any atom is 0.227 e. The van der Waals surface area contributed by atoms with Gasteiger partial charge < -0.3 is 9.32 Å². The lowest BCUT2D eigenvalue weighted by Crippen LogP contribution is -2.49. The van der Waals surface area contributed by atoms with Gasteiger partial charge in [0.05, 0.1) is 11.2 Å². The summed E-state index contributed by atoms with van der Waals surface area (Å²) in [6.07, 6.45) is 1.13. The standard InChI is InChI=1S/C26H26N2O/c1-15-10-12-18-19-13-11-16(2)27-24(19)29-23(18)22(15)28-17(3)25(4)14-26(28,5)21-9-7-6-8-20(21)25/h6-13,17H,14H2,1-5H3/t17-,25?,26?/m0/s1. The Labute approximate surface area is 171 Å². The molecule has 0 saturated carbocycles. The van der Waals surface area contributed by atoms with Crippen molar-refractivity contribution in [2.24, 2.45) is 0 Å². The van der Waals surface area contributed by atoms with Gasteiger partial charge in [-0.1, -0.05) is 43.3 Å². The largest absolute Gasteiger partial charge is 0.436 e. The van der Waals surface area contributed by atoms with Gasteiger partial charge in [0, 0.05) is 27.9 Å². The summed E-state index contributed by atoms with van der Waals surface area (Å²) >= 11 is 0. The smallest absolute Gasteiger partial charge is 0.227 e. The molecule has 0 amide bonds. The first-order valence-corrected chi connectivity index (χ1v) is 10.5. The molecule has 2 aromatic heterocycles. The summed E-state index contributed by atoms with van der Waals surface area (Å²) < 4.78 is 6.43. The normalized spacial score (nSPS) is 27.9. The van der Waals surface area contributed by atoms with Gasteiger partial charge in [0.15, 0.2) is 5.58 Å². The minimum atomic E-state index is -0.0356. The van der Waals surface area contributed by atoms with Crippen molar-refractivity contribution in [2.75, 3.05) is 4.90 Å². The van der Waals surface area contributed by atoms with Crippen LogP contribution in [0.3, 0.4) is 0 Å². The van der Waals surface area contributed by atoms with E-state index >= 15 is 0 Å². The molecule has 3 nitrogen and oxygen atoms in total.